The Morgan fingerprint density at radius 3 is 2.70 bits per heavy atom. The van der Waals surface area contributed by atoms with Crippen LogP contribution in [0, 0.1) is 0 Å². The van der Waals surface area contributed by atoms with E-state index in [2.05, 4.69) is 30.3 Å². The molecular formula is C17H26O2Si. The lowest BCUT2D eigenvalue weighted by Gasteiger charge is -2.22. The molecule has 110 valence electrons. The van der Waals surface area contributed by atoms with Crippen LogP contribution in [0.5, 0.6) is 0 Å². The van der Waals surface area contributed by atoms with Gasteiger partial charge in [0.1, 0.15) is 0 Å². The third-order valence-electron chi connectivity index (χ3n) is 3.62. The fourth-order valence-electron chi connectivity index (χ4n) is 2.43. The van der Waals surface area contributed by atoms with Crippen molar-refractivity contribution in [2.24, 2.45) is 0 Å². The molecule has 0 aliphatic carbocycles. The maximum atomic E-state index is 5.74. The summed E-state index contributed by atoms with van der Waals surface area (Å²) >= 11 is 0. The van der Waals surface area contributed by atoms with Gasteiger partial charge in [-0.3, -0.25) is 0 Å². The van der Waals surface area contributed by atoms with Crippen molar-refractivity contribution in [2.45, 2.75) is 57.3 Å². The number of ether oxygens (including phenoxy) is 2. The standard InChI is InChI=1S/C17H26O2Si/c1(7-13-18-17-12-6-8-14-19-17)2-9-15-20-16-10-4-3-5-11-16/h3-5,10-11,17H,1-2,6-9,12-15H2. The maximum Gasteiger partial charge on any atom is 0.157 e. The predicted octanol–water partition coefficient (Wildman–Crippen LogP) is 3.54. The summed E-state index contributed by atoms with van der Waals surface area (Å²) in [4.78, 5) is 0. The quantitative estimate of drug-likeness (QED) is 0.511. The minimum absolute atomic E-state index is 0.0864. The van der Waals surface area contributed by atoms with E-state index in [4.69, 9.17) is 9.47 Å². The Morgan fingerprint density at radius 1 is 1.05 bits per heavy atom. The van der Waals surface area contributed by atoms with Gasteiger partial charge in [-0.15, -0.1) is 0 Å². The molecule has 0 saturated carbocycles. The largest absolute Gasteiger partial charge is 0.353 e. The van der Waals surface area contributed by atoms with Crippen LogP contribution in [0.2, 0.25) is 6.04 Å². The zero-order chi connectivity index (χ0) is 13.9. The third kappa shape index (κ3) is 6.68. The first-order valence-corrected chi connectivity index (χ1v) is 9.18. The van der Waals surface area contributed by atoms with E-state index in [0.717, 1.165) is 29.2 Å². The van der Waals surface area contributed by atoms with Crippen molar-refractivity contribution < 1.29 is 9.47 Å². The van der Waals surface area contributed by atoms with Crippen LogP contribution in [0.3, 0.4) is 0 Å². The summed E-state index contributed by atoms with van der Waals surface area (Å²) in [5, 5.41) is 1.49. The lowest BCUT2D eigenvalue weighted by molar-refractivity contribution is -0.162. The van der Waals surface area contributed by atoms with Crippen molar-refractivity contribution in [2.75, 3.05) is 13.2 Å². The highest BCUT2D eigenvalue weighted by Gasteiger charge is 2.13. The minimum atomic E-state index is 0.0864. The zero-order valence-corrected chi connectivity index (χ0v) is 13.4. The summed E-state index contributed by atoms with van der Waals surface area (Å²) in [6, 6.07) is 12.1. The summed E-state index contributed by atoms with van der Waals surface area (Å²) in [7, 11) is 0.969. The zero-order valence-electron chi connectivity index (χ0n) is 12.4. The molecule has 0 aromatic heterocycles. The molecule has 1 fully saturated rings. The molecule has 1 aromatic rings. The number of unbranched alkanes of at least 4 members (excludes halogenated alkanes) is 3. The first-order chi connectivity index (χ1) is 9.95. The summed E-state index contributed by atoms with van der Waals surface area (Å²) in [6.07, 6.45) is 8.75. The van der Waals surface area contributed by atoms with E-state index >= 15 is 0 Å². The molecule has 0 amide bonds. The SMILES string of the molecule is c1ccc([Si]CCCCCCOC2CCCCO2)cc1. The molecule has 1 aliphatic rings. The molecule has 20 heavy (non-hydrogen) atoms. The Bertz CT molecular complexity index is 336. The molecule has 0 spiro atoms. The van der Waals surface area contributed by atoms with Crippen LogP contribution in [0.1, 0.15) is 44.9 Å². The van der Waals surface area contributed by atoms with Crippen LogP contribution in [0.15, 0.2) is 30.3 Å². The maximum absolute atomic E-state index is 5.74. The number of hydrogen-bond donors (Lipinski definition) is 0. The second-order valence-corrected chi connectivity index (χ2v) is 6.80. The average molecular weight is 290 g/mol. The molecule has 1 unspecified atom stereocenters. The third-order valence-corrected chi connectivity index (χ3v) is 4.96. The summed E-state index contributed by atoms with van der Waals surface area (Å²) in [6.45, 7) is 1.75. The van der Waals surface area contributed by atoms with Crippen molar-refractivity contribution in [1.29, 1.82) is 0 Å². The lowest BCUT2D eigenvalue weighted by atomic mass is 10.2. The normalized spacial score (nSPS) is 19.1. The van der Waals surface area contributed by atoms with Gasteiger partial charge in [-0.2, -0.15) is 0 Å². The van der Waals surface area contributed by atoms with E-state index in [9.17, 15) is 0 Å². The Morgan fingerprint density at radius 2 is 1.90 bits per heavy atom. The van der Waals surface area contributed by atoms with Gasteiger partial charge in [-0.1, -0.05) is 60.8 Å². The van der Waals surface area contributed by atoms with Crippen molar-refractivity contribution in [3.8, 4) is 0 Å². The van der Waals surface area contributed by atoms with Crippen LogP contribution in [-0.4, -0.2) is 29.0 Å². The molecule has 2 rings (SSSR count). The first-order valence-electron chi connectivity index (χ1n) is 7.97. The van der Waals surface area contributed by atoms with Gasteiger partial charge in [-0.25, -0.2) is 0 Å². The smallest absolute Gasteiger partial charge is 0.157 e. The first kappa shape index (κ1) is 15.7. The van der Waals surface area contributed by atoms with Gasteiger partial charge < -0.3 is 9.47 Å². The van der Waals surface area contributed by atoms with Crippen molar-refractivity contribution in [3.63, 3.8) is 0 Å². The average Bonchev–Trinajstić information content (AvgIpc) is 2.52. The highest BCUT2D eigenvalue weighted by atomic mass is 28.2. The molecule has 1 aliphatic heterocycles. The van der Waals surface area contributed by atoms with Gasteiger partial charge in [0.05, 0.1) is 9.52 Å². The molecule has 0 N–H and O–H groups in total. The van der Waals surface area contributed by atoms with Crippen molar-refractivity contribution in [3.05, 3.63) is 30.3 Å². The predicted molar refractivity (Wildman–Crippen MR) is 84.6 cm³/mol. The summed E-state index contributed by atoms with van der Waals surface area (Å²) in [5.74, 6) is 0. The second kappa shape index (κ2) is 10.1. The minimum Gasteiger partial charge on any atom is -0.353 e. The molecule has 1 saturated heterocycles. The van der Waals surface area contributed by atoms with Gasteiger partial charge >= 0.3 is 0 Å². The number of hydrogen-bond acceptors (Lipinski definition) is 2. The molecule has 1 atom stereocenters. The monoisotopic (exact) mass is 290 g/mol. The Labute approximate surface area is 125 Å². The molecule has 1 aromatic carbocycles. The topological polar surface area (TPSA) is 18.5 Å². The molecular weight excluding hydrogens is 264 g/mol. The van der Waals surface area contributed by atoms with Gasteiger partial charge in [-0.05, 0) is 25.7 Å². The molecule has 1 heterocycles. The number of rotatable bonds is 9. The van der Waals surface area contributed by atoms with E-state index in [0.29, 0.717) is 0 Å². The Kier molecular flexibility index (Phi) is 7.98. The van der Waals surface area contributed by atoms with Crippen molar-refractivity contribution >= 4 is 14.7 Å². The fraction of sp³-hybridized carbons (Fsp3) is 0.647. The van der Waals surface area contributed by atoms with Crippen LogP contribution >= 0.6 is 0 Å². The van der Waals surface area contributed by atoms with Crippen LogP contribution in [-0.2, 0) is 9.47 Å². The van der Waals surface area contributed by atoms with E-state index < -0.39 is 0 Å². The van der Waals surface area contributed by atoms with Crippen LogP contribution in [0.4, 0.5) is 0 Å². The number of benzene rings is 1. The van der Waals surface area contributed by atoms with Gasteiger partial charge in [0, 0.05) is 13.2 Å². The summed E-state index contributed by atoms with van der Waals surface area (Å²) in [5.41, 5.74) is 0. The molecule has 2 nitrogen and oxygen atoms in total. The molecule has 2 radical (unpaired) electrons. The van der Waals surface area contributed by atoms with Gasteiger partial charge in [0.2, 0.25) is 0 Å². The van der Waals surface area contributed by atoms with Crippen LogP contribution in [0.25, 0.3) is 0 Å². The molecule has 0 bridgehead atoms. The lowest BCUT2D eigenvalue weighted by Crippen LogP contribution is -2.22. The van der Waals surface area contributed by atoms with E-state index in [1.165, 1.54) is 49.8 Å². The van der Waals surface area contributed by atoms with Crippen LogP contribution < -0.4 is 5.19 Å². The fourth-order valence-corrected chi connectivity index (χ4v) is 3.57. The van der Waals surface area contributed by atoms with Gasteiger partial charge in [0.15, 0.2) is 6.29 Å². The van der Waals surface area contributed by atoms with Gasteiger partial charge in [0.25, 0.3) is 0 Å². The Hall–Kier alpha value is -0.643. The van der Waals surface area contributed by atoms with Crippen molar-refractivity contribution in [1.82, 2.24) is 0 Å². The Balaban J connectivity index is 1.38. The molecule has 3 heteroatoms. The van der Waals surface area contributed by atoms with E-state index in [1.54, 1.807) is 0 Å². The highest BCUT2D eigenvalue weighted by Crippen LogP contribution is 2.14. The van der Waals surface area contributed by atoms with E-state index in [1.807, 2.05) is 0 Å². The second-order valence-electron chi connectivity index (χ2n) is 5.37. The summed E-state index contributed by atoms with van der Waals surface area (Å²) < 4.78 is 11.3. The highest BCUT2D eigenvalue weighted by molar-refractivity contribution is 6.53. The van der Waals surface area contributed by atoms with E-state index in [-0.39, 0.29) is 6.29 Å².